The number of pyridine rings is 1. The van der Waals surface area contributed by atoms with Gasteiger partial charge in [0.2, 0.25) is 5.75 Å². The molecule has 1 heterocycles. The van der Waals surface area contributed by atoms with Crippen LogP contribution >= 0.6 is 0 Å². The Morgan fingerprint density at radius 1 is 1.00 bits per heavy atom. The summed E-state index contributed by atoms with van der Waals surface area (Å²) in [6.45, 7) is 0. The predicted octanol–water partition coefficient (Wildman–Crippen LogP) is 3.52. The summed E-state index contributed by atoms with van der Waals surface area (Å²) in [5.74, 6) is 1.52. The third-order valence-electron chi connectivity index (χ3n) is 4.64. The van der Waals surface area contributed by atoms with E-state index in [-0.39, 0.29) is 11.9 Å². The van der Waals surface area contributed by atoms with Crippen LogP contribution in [0.2, 0.25) is 0 Å². The number of benzene rings is 1. The van der Waals surface area contributed by atoms with Crippen LogP contribution in [0.25, 0.3) is 0 Å². The number of amides is 1. The Morgan fingerprint density at radius 2 is 1.67 bits per heavy atom. The number of anilines is 2. The van der Waals surface area contributed by atoms with Gasteiger partial charge in [0.1, 0.15) is 5.69 Å². The van der Waals surface area contributed by atoms with Crippen molar-refractivity contribution in [2.45, 2.75) is 31.7 Å². The van der Waals surface area contributed by atoms with Gasteiger partial charge in [-0.1, -0.05) is 12.8 Å². The number of hydrogen-bond acceptors (Lipinski definition) is 6. The van der Waals surface area contributed by atoms with E-state index in [2.05, 4.69) is 15.6 Å². The first-order valence-corrected chi connectivity index (χ1v) is 8.98. The molecule has 144 valence electrons. The SMILES string of the molecule is COc1cc(Nc2ccc(C(=O)NC3CCCC3)nc2)cc(OC)c1OC. The Hall–Kier alpha value is -2.96. The van der Waals surface area contributed by atoms with Gasteiger partial charge in [0.15, 0.2) is 11.5 Å². The Balaban J connectivity index is 1.71. The third kappa shape index (κ3) is 4.42. The Kier molecular flexibility index (Phi) is 6.01. The van der Waals surface area contributed by atoms with Crippen molar-refractivity contribution in [3.63, 3.8) is 0 Å². The minimum absolute atomic E-state index is 0.124. The van der Waals surface area contributed by atoms with Gasteiger partial charge < -0.3 is 24.8 Å². The summed E-state index contributed by atoms with van der Waals surface area (Å²) in [6.07, 6.45) is 6.08. The number of nitrogens with one attached hydrogen (secondary N) is 2. The topological polar surface area (TPSA) is 81.7 Å². The smallest absolute Gasteiger partial charge is 0.270 e. The van der Waals surface area contributed by atoms with Crippen LogP contribution in [0.15, 0.2) is 30.5 Å². The highest BCUT2D eigenvalue weighted by Crippen LogP contribution is 2.40. The minimum Gasteiger partial charge on any atom is -0.493 e. The van der Waals surface area contributed by atoms with E-state index in [1.54, 1.807) is 33.6 Å². The van der Waals surface area contributed by atoms with E-state index in [1.165, 1.54) is 12.8 Å². The number of methoxy groups -OCH3 is 3. The number of ether oxygens (including phenoxy) is 3. The number of aromatic nitrogens is 1. The number of hydrogen-bond donors (Lipinski definition) is 2. The van der Waals surface area contributed by atoms with E-state index in [9.17, 15) is 4.79 Å². The number of nitrogens with zero attached hydrogens (tertiary/aromatic N) is 1. The highest BCUT2D eigenvalue weighted by atomic mass is 16.5. The Labute approximate surface area is 159 Å². The summed E-state index contributed by atoms with van der Waals surface area (Å²) in [4.78, 5) is 16.5. The molecule has 0 bridgehead atoms. The molecule has 0 radical (unpaired) electrons. The van der Waals surface area contributed by atoms with Gasteiger partial charge in [0.25, 0.3) is 5.91 Å². The molecule has 0 atom stereocenters. The standard InChI is InChI=1S/C20H25N3O4/c1-25-17-10-15(11-18(26-2)19(17)27-3)22-14-8-9-16(21-12-14)20(24)23-13-6-4-5-7-13/h8-13,22H,4-7H2,1-3H3,(H,23,24). The second-order valence-electron chi connectivity index (χ2n) is 6.43. The molecule has 7 nitrogen and oxygen atoms in total. The highest BCUT2D eigenvalue weighted by molar-refractivity contribution is 5.92. The molecule has 2 N–H and O–H groups in total. The van der Waals surface area contributed by atoms with Crippen molar-refractivity contribution in [2.75, 3.05) is 26.6 Å². The van der Waals surface area contributed by atoms with Gasteiger partial charge in [-0.05, 0) is 25.0 Å². The zero-order valence-corrected chi connectivity index (χ0v) is 15.9. The molecule has 2 aromatic rings. The van der Waals surface area contributed by atoms with E-state index < -0.39 is 0 Å². The summed E-state index contributed by atoms with van der Waals surface area (Å²) in [7, 11) is 4.70. The van der Waals surface area contributed by atoms with Crippen molar-refractivity contribution in [1.29, 1.82) is 0 Å². The van der Waals surface area contributed by atoms with Crippen LogP contribution in [-0.4, -0.2) is 38.3 Å². The molecule has 1 amide bonds. The Morgan fingerprint density at radius 3 is 2.19 bits per heavy atom. The van der Waals surface area contributed by atoms with Gasteiger partial charge in [0.05, 0.1) is 33.2 Å². The average Bonchev–Trinajstić information content (AvgIpc) is 3.20. The minimum atomic E-state index is -0.124. The predicted molar refractivity (Wildman–Crippen MR) is 103 cm³/mol. The lowest BCUT2D eigenvalue weighted by atomic mass is 10.2. The van der Waals surface area contributed by atoms with Crippen LogP contribution in [0.5, 0.6) is 17.2 Å². The molecular weight excluding hydrogens is 346 g/mol. The molecule has 1 aliphatic rings. The second kappa shape index (κ2) is 8.62. The first-order valence-electron chi connectivity index (χ1n) is 8.98. The van der Waals surface area contributed by atoms with Crippen molar-refractivity contribution in [3.8, 4) is 17.2 Å². The molecule has 1 saturated carbocycles. The Bertz CT molecular complexity index is 761. The van der Waals surface area contributed by atoms with Gasteiger partial charge in [-0.3, -0.25) is 4.79 Å². The molecular formula is C20H25N3O4. The number of carbonyl (C=O) groups excluding carboxylic acids is 1. The van der Waals surface area contributed by atoms with E-state index in [0.717, 1.165) is 24.2 Å². The van der Waals surface area contributed by atoms with E-state index in [4.69, 9.17) is 14.2 Å². The maximum atomic E-state index is 12.3. The van der Waals surface area contributed by atoms with E-state index in [0.29, 0.717) is 22.9 Å². The summed E-state index contributed by atoms with van der Waals surface area (Å²) in [5.41, 5.74) is 1.92. The largest absolute Gasteiger partial charge is 0.493 e. The van der Waals surface area contributed by atoms with Gasteiger partial charge in [0, 0.05) is 23.9 Å². The van der Waals surface area contributed by atoms with Crippen molar-refractivity contribution < 1.29 is 19.0 Å². The van der Waals surface area contributed by atoms with Crippen LogP contribution in [0.3, 0.4) is 0 Å². The average molecular weight is 371 g/mol. The van der Waals surface area contributed by atoms with Crippen molar-refractivity contribution in [2.24, 2.45) is 0 Å². The molecule has 1 fully saturated rings. The number of carbonyl (C=O) groups is 1. The lowest BCUT2D eigenvalue weighted by molar-refractivity contribution is 0.0933. The molecule has 0 aliphatic heterocycles. The lowest BCUT2D eigenvalue weighted by Gasteiger charge is -2.15. The second-order valence-corrected chi connectivity index (χ2v) is 6.43. The quantitative estimate of drug-likeness (QED) is 0.775. The van der Waals surface area contributed by atoms with E-state index >= 15 is 0 Å². The van der Waals surface area contributed by atoms with Crippen LogP contribution in [0, 0.1) is 0 Å². The van der Waals surface area contributed by atoms with Crippen LogP contribution < -0.4 is 24.8 Å². The van der Waals surface area contributed by atoms with Gasteiger partial charge in [-0.15, -0.1) is 0 Å². The van der Waals surface area contributed by atoms with Crippen LogP contribution in [0.4, 0.5) is 11.4 Å². The molecule has 1 aliphatic carbocycles. The normalized spacial score (nSPS) is 13.9. The fourth-order valence-corrected chi connectivity index (χ4v) is 3.25. The fraction of sp³-hybridized carbons (Fsp3) is 0.400. The molecule has 1 aromatic carbocycles. The maximum Gasteiger partial charge on any atom is 0.270 e. The third-order valence-corrected chi connectivity index (χ3v) is 4.64. The highest BCUT2D eigenvalue weighted by Gasteiger charge is 2.18. The van der Waals surface area contributed by atoms with Gasteiger partial charge >= 0.3 is 0 Å². The molecule has 0 spiro atoms. The molecule has 0 unspecified atom stereocenters. The lowest BCUT2D eigenvalue weighted by Crippen LogP contribution is -2.33. The van der Waals surface area contributed by atoms with Gasteiger partial charge in [-0.2, -0.15) is 0 Å². The van der Waals surface area contributed by atoms with Gasteiger partial charge in [-0.25, -0.2) is 4.98 Å². The maximum absolute atomic E-state index is 12.3. The monoisotopic (exact) mass is 371 g/mol. The zero-order valence-electron chi connectivity index (χ0n) is 15.9. The van der Waals surface area contributed by atoms with E-state index in [1.807, 2.05) is 18.2 Å². The van der Waals surface area contributed by atoms with Crippen LogP contribution in [-0.2, 0) is 0 Å². The summed E-state index contributed by atoms with van der Waals surface area (Å²) in [6, 6.07) is 7.42. The zero-order chi connectivity index (χ0) is 19.2. The molecule has 1 aromatic heterocycles. The first-order chi connectivity index (χ1) is 13.1. The molecule has 27 heavy (non-hydrogen) atoms. The fourth-order valence-electron chi connectivity index (χ4n) is 3.25. The van der Waals surface area contributed by atoms with Crippen molar-refractivity contribution in [3.05, 3.63) is 36.2 Å². The van der Waals surface area contributed by atoms with Crippen molar-refractivity contribution >= 4 is 17.3 Å². The molecule has 3 rings (SSSR count). The summed E-state index contributed by atoms with van der Waals surface area (Å²) >= 11 is 0. The summed E-state index contributed by atoms with van der Waals surface area (Å²) in [5, 5.41) is 6.27. The summed E-state index contributed by atoms with van der Waals surface area (Å²) < 4.78 is 16.0. The van der Waals surface area contributed by atoms with Crippen molar-refractivity contribution in [1.82, 2.24) is 10.3 Å². The first kappa shape index (κ1) is 18.8. The molecule has 7 heteroatoms. The number of rotatable bonds is 7. The molecule has 0 saturated heterocycles. The van der Waals surface area contributed by atoms with Crippen LogP contribution in [0.1, 0.15) is 36.2 Å².